The van der Waals surface area contributed by atoms with Crippen molar-refractivity contribution >= 4 is 16.0 Å². The van der Waals surface area contributed by atoms with Crippen LogP contribution in [0.25, 0.3) is 0 Å². The summed E-state index contributed by atoms with van der Waals surface area (Å²) < 4.78 is 33.7. The summed E-state index contributed by atoms with van der Waals surface area (Å²) in [7, 11) is -2.21. The Balaban J connectivity index is 1.66. The van der Waals surface area contributed by atoms with Crippen LogP contribution in [0.3, 0.4) is 0 Å². The van der Waals surface area contributed by atoms with Crippen molar-refractivity contribution in [2.24, 2.45) is 5.92 Å². The number of carbonyl (C=O) groups is 1. The van der Waals surface area contributed by atoms with Gasteiger partial charge < -0.3 is 9.64 Å². The van der Waals surface area contributed by atoms with Crippen molar-refractivity contribution in [2.45, 2.75) is 43.5 Å². The molecule has 0 bridgehead atoms. The van der Waals surface area contributed by atoms with Crippen molar-refractivity contribution < 1.29 is 17.9 Å². The highest BCUT2D eigenvalue weighted by atomic mass is 32.2. The molecule has 3 rings (SSSR count). The fraction of sp³-hybridized carbons (Fsp3) is 0.458. The second-order valence-corrected chi connectivity index (χ2v) is 9.97. The predicted octanol–water partition coefficient (Wildman–Crippen LogP) is 3.68. The van der Waals surface area contributed by atoms with Gasteiger partial charge in [-0.25, -0.2) is 13.1 Å². The molecule has 2 aromatic rings. The molecule has 0 radical (unpaired) electrons. The molecule has 1 atom stereocenters. The third kappa shape index (κ3) is 6.89. The van der Waals surface area contributed by atoms with Crippen molar-refractivity contribution in [3.05, 3.63) is 65.7 Å². The maximum absolute atomic E-state index is 13.0. The topological polar surface area (TPSA) is 75.7 Å². The zero-order valence-corrected chi connectivity index (χ0v) is 19.1. The number of hydrogen-bond donors (Lipinski definition) is 1. The normalized spacial score (nSPS) is 16.7. The fourth-order valence-electron chi connectivity index (χ4n) is 4.01. The quantitative estimate of drug-likeness (QED) is 0.597. The number of sulfonamides is 1. The number of aryl methyl sites for hydroxylation is 1. The first-order valence-electron chi connectivity index (χ1n) is 10.8. The van der Waals surface area contributed by atoms with Crippen LogP contribution in [-0.4, -0.2) is 46.0 Å². The van der Waals surface area contributed by atoms with Gasteiger partial charge in [-0.15, -0.1) is 0 Å². The molecular weight excluding hydrogens is 412 g/mol. The van der Waals surface area contributed by atoms with E-state index in [2.05, 4.69) is 9.62 Å². The number of benzene rings is 2. The monoisotopic (exact) mass is 444 g/mol. The molecule has 1 saturated heterocycles. The van der Waals surface area contributed by atoms with Gasteiger partial charge in [-0.2, -0.15) is 0 Å². The molecule has 0 unspecified atom stereocenters. The lowest BCUT2D eigenvalue weighted by Gasteiger charge is -2.34. The molecule has 0 aromatic heterocycles. The van der Waals surface area contributed by atoms with Gasteiger partial charge in [0.1, 0.15) is 0 Å². The van der Waals surface area contributed by atoms with Crippen LogP contribution in [0.5, 0.6) is 0 Å². The number of carbonyl (C=O) groups excluding carboxylic acids is 1. The Bertz CT molecular complexity index is 937. The van der Waals surface area contributed by atoms with Crippen LogP contribution < -0.4 is 4.72 Å². The second kappa shape index (κ2) is 10.9. The lowest BCUT2D eigenvalue weighted by Crippen LogP contribution is -2.41. The van der Waals surface area contributed by atoms with Gasteiger partial charge in [-0.1, -0.05) is 48.0 Å². The first kappa shape index (κ1) is 23.4. The third-order valence-corrected chi connectivity index (χ3v) is 7.45. The van der Waals surface area contributed by atoms with Crippen LogP contribution in [0.1, 0.15) is 42.9 Å². The summed E-state index contributed by atoms with van der Waals surface area (Å²) in [4.78, 5) is 14.0. The molecule has 6 nitrogen and oxygen atoms in total. The molecule has 31 heavy (non-hydrogen) atoms. The van der Waals surface area contributed by atoms with E-state index in [1.807, 2.05) is 49.4 Å². The highest BCUT2D eigenvalue weighted by Gasteiger charge is 2.26. The number of ether oxygens (including phenoxy) is 1. The smallest absolute Gasteiger partial charge is 0.305 e. The summed E-state index contributed by atoms with van der Waals surface area (Å²) in [6.07, 6.45) is 3.32. The van der Waals surface area contributed by atoms with Gasteiger partial charge >= 0.3 is 5.97 Å². The highest BCUT2D eigenvalue weighted by Crippen LogP contribution is 2.25. The molecule has 0 aliphatic carbocycles. The van der Waals surface area contributed by atoms with Crippen molar-refractivity contribution in [3.63, 3.8) is 0 Å². The minimum atomic E-state index is -3.64. The van der Waals surface area contributed by atoms with Gasteiger partial charge in [-0.05, 0) is 62.9 Å². The van der Waals surface area contributed by atoms with E-state index in [-0.39, 0.29) is 16.9 Å². The lowest BCUT2D eigenvalue weighted by atomic mass is 9.92. The standard InChI is InChI=1S/C24H32N2O4S/c1-19-8-11-22(12-9-19)31(28,29)25-23(21-6-4-3-5-7-21)18-26-16-14-20(15-17-26)10-13-24(27)30-2/h3-9,11-12,20,23,25H,10,13-18H2,1-2H3/t23-/m1/s1. The van der Waals surface area contributed by atoms with E-state index in [1.165, 1.54) is 7.11 Å². The number of piperidine rings is 1. The molecule has 168 valence electrons. The van der Waals surface area contributed by atoms with Gasteiger partial charge in [0.15, 0.2) is 0 Å². The van der Waals surface area contributed by atoms with Gasteiger partial charge in [0, 0.05) is 13.0 Å². The van der Waals surface area contributed by atoms with E-state index in [9.17, 15) is 13.2 Å². The zero-order chi connectivity index (χ0) is 22.3. The number of hydrogen-bond acceptors (Lipinski definition) is 5. The molecule has 0 spiro atoms. The predicted molar refractivity (Wildman–Crippen MR) is 121 cm³/mol. The summed E-state index contributed by atoms with van der Waals surface area (Å²) in [5.74, 6) is 0.354. The number of likely N-dealkylation sites (tertiary alicyclic amines) is 1. The third-order valence-electron chi connectivity index (χ3n) is 5.96. The maximum Gasteiger partial charge on any atom is 0.305 e. The van der Waals surface area contributed by atoms with Gasteiger partial charge in [-0.3, -0.25) is 4.79 Å². The number of rotatable bonds is 9. The number of methoxy groups -OCH3 is 1. The first-order chi connectivity index (χ1) is 14.9. The van der Waals surface area contributed by atoms with Crippen LogP contribution in [0, 0.1) is 12.8 Å². The molecular formula is C24H32N2O4S. The molecule has 2 aromatic carbocycles. The number of esters is 1. The molecule has 7 heteroatoms. The largest absolute Gasteiger partial charge is 0.469 e. The Morgan fingerprint density at radius 2 is 1.74 bits per heavy atom. The molecule has 1 N–H and O–H groups in total. The Kier molecular flexibility index (Phi) is 8.23. The molecule has 1 fully saturated rings. The first-order valence-corrected chi connectivity index (χ1v) is 12.3. The second-order valence-electron chi connectivity index (χ2n) is 8.26. The van der Waals surface area contributed by atoms with E-state index < -0.39 is 10.0 Å². The van der Waals surface area contributed by atoms with Crippen LogP contribution in [0.2, 0.25) is 0 Å². The van der Waals surface area contributed by atoms with Crippen molar-refractivity contribution in [2.75, 3.05) is 26.7 Å². The highest BCUT2D eigenvalue weighted by molar-refractivity contribution is 7.89. The summed E-state index contributed by atoms with van der Waals surface area (Å²) in [5.41, 5.74) is 1.97. The maximum atomic E-state index is 13.0. The Hall–Kier alpha value is -2.22. The zero-order valence-electron chi connectivity index (χ0n) is 18.3. The Labute approximate surface area is 185 Å². The molecule has 1 aliphatic rings. The average molecular weight is 445 g/mol. The summed E-state index contributed by atoms with van der Waals surface area (Å²) in [6.45, 7) is 4.33. The Morgan fingerprint density at radius 1 is 1.10 bits per heavy atom. The number of nitrogens with one attached hydrogen (secondary N) is 1. The molecule has 0 saturated carbocycles. The Morgan fingerprint density at radius 3 is 2.35 bits per heavy atom. The van der Waals surface area contributed by atoms with E-state index in [0.29, 0.717) is 18.9 Å². The fourth-order valence-corrected chi connectivity index (χ4v) is 5.22. The lowest BCUT2D eigenvalue weighted by molar-refractivity contribution is -0.141. The van der Waals surface area contributed by atoms with Crippen molar-refractivity contribution in [1.29, 1.82) is 0 Å². The van der Waals surface area contributed by atoms with Crippen LogP contribution in [-0.2, 0) is 19.6 Å². The van der Waals surface area contributed by atoms with Crippen LogP contribution in [0.4, 0.5) is 0 Å². The van der Waals surface area contributed by atoms with Gasteiger partial charge in [0.2, 0.25) is 10.0 Å². The van der Waals surface area contributed by atoms with Crippen molar-refractivity contribution in [1.82, 2.24) is 9.62 Å². The molecule has 0 amide bonds. The van der Waals surface area contributed by atoms with Crippen molar-refractivity contribution in [3.8, 4) is 0 Å². The van der Waals surface area contributed by atoms with E-state index in [0.717, 1.165) is 43.5 Å². The van der Waals surface area contributed by atoms with E-state index in [4.69, 9.17) is 4.74 Å². The molecule has 1 heterocycles. The summed E-state index contributed by atoms with van der Waals surface area (Å²) in [6, 6.07) is 16.3. The SMILES string of the molecule is COC(=O)CCC1CCN(C[C@@H](NS(=O)(=O)c2ccc(C)cc2)c2ccccc2)CC1. The van der Waals surface area contributed by atoms with Gasteiger partial charge in [0.05, 0.1) is 18.0 Å². The summed E-state index contributed by atoms with van der Waals surface area (Å²) >= 11 is 0. The van der Waals surface area contributed by atoms with Crippen LogP contribution >= 0.6 is 0 Å². The van der Waals surface area contributed by atoms with E-state index in [1.54, 1.807) is 12.1 Å². The minimum absolute atomic E-state index is 0.155. The summed E-state index contributed by atoms with van der Waals surface area (Å²) in [5, 5.41) is 0. The minimum Gasteiger partial charge on any atom is -0.469 e. The average Bonchev–Trinajstić information content (AvgIpc) is 2.78. The number of nitrogens with zero attached hydrogens (tertiary/aromatic N) is 1. The molecule has 1 aliphatic heterocycles. The van der Waals surface area contributed by atoms with Gasteiger partial charge in [0.25, 0.3) is 0 Å². The van der Waals surface area contributed by atoms with Crippen LogP contribution in [0.15, 0.2) is 59.5 Å². The van der Waals surface area contributed by atoms with E-state index >= 15 is 0 Å².